The highest BCUT2D eigenvalue weighted by Crippen LogP contribution is 2.12. The first-order valence-corrected chi connectivity index (χ1v) is 6.74. The first-order chi connectivity index (χ1) is 9.65. The quantitative estimate of drug-likeness (QED) is 0.885. The van der Waals surface area contributed by atoms with Crippen molar-refractivity contribution in [1.82, 2.24) is 19.9 Å². The fourth-order valence-corrected chi connectivity index (χ4v) is 1.91. The highest BCUT2D eigenvalue weighted by atomic mass is 16.6. The van der Waals surface area contributed by atoms with Gasteiger partial charge in [-0.2, -0.15) is 0 Å². The molecule has 0 spiro atoms. The smallest absolute Gasteiger partial charge is 0.408 e. The summed E-state index contributed by atoms with van der Waals surface area (Å²) in [7, 11) is 0. The van der Waals surface area contributed by atoms with Crippen LogP contribution in [0.3, 0.4) is 0 Å². The molecule has 0 saturated carbocycles. The van der Waals surface area contributed by atoms with E-state index in [9.17, 15) is 9.59 Å². The molecule has 114 valence electrons. The van der Waals surface area contributed by atoms with Crippen LogP contribution in [-0.2, 0) is 4.74 Å². The summed E-state index contributed by atoms with van der Waals surface area (Å²) < 4.78 is 6.54. The first-order valence-electron chi connectivity index (χ1n) is 6.74. The molecular weight excluding hydrogens is 272 g/mol. The third kappa shape index (κ3) is 3.62. The highest BCUT2D eigenvalue weighted by Gasteiger charge is 2.19. The van der Waals surface area contributed by atoms with E-state index in [0.717, 1.165) is 5.69 Å². The Balaban J connectivity index is 2.21. The van der Waals surface area contributed by atoms with E-state index in [2.05, 4.69) is 15.4 Å². The Morgan fingerprint density at radius 2 is 2.10 bits per heavy atom. The van der Waals surface area contributed by atoms with Crippen molar-refractivity contribution in [2.24, 2.45) is 0 Å². The summed E-state index contributed by atoms with van der Waals surface area (Å²) in [5, 5.41) is 5.56. The second kappa shape index (κ2) is 5.23. The summed E-state index contributed by atoms with van der Waals surface area (Å²) >= 11 is 0. The van der Waals surface area contributed by atoms with Crippen molar-refractivity contribution in [1.29, 1.82) is 0 Å². The van der Waals surface area contributed by atoms with E-state index < -0.39 is 17.7 Å². The van der Waals surface area contributed by atoms with Crippen LogP contribution in [0.2, 0.25) is 0 Å². The lowest BCUT2D eigenvalue weighted by atomic mass is 10.2. The van der Waals surface area contributed by atoms with Gasteiger partial charge < -0.3 is 10.1 Å². The SMILES string of the molecule is Cc1cc2nc([C@H](C)NC(=O)OC(C)(C)C)cc(=O)n2[nH]1. The maximum atomic E-state index is 12.0. The average molecular weight is 292 g/mol. The summed E-state index contributed by atoms with van der Waals surface area (Å²) in [6.07, 6.45) is -0.540. The second-order valence-electron chi connectivity index (χ2n) is 6.02. The fraction of sp³-hybridized carbons (Fsp3) is 0.500. The Bertz CT molecular complexity index is 724. The second-order valence-corrected chi connectivity index (χ2v) is 6.02. The van der Waals surface area contributed by atoms with Crippen LogP contribution in [0.25, 0.3) is 5.65 Å². The number of amides is 1. The average Bonchev–Trinajstić information content (AvgIpc) is 2.67. The lowest BCUT2D eigenvalue weighted by Gasteiger charge is -2.21. The van der Waals surface area contributed by atoms with E-state index in [-0.39, 0.29) is 5.56 Å². The van der Waals surface area contributed by atoms with Crippen LogP contribution in [0, 0.1) is 6.92 Å². The fourth-order valence-electron chi connectivity index (χ4n) is 1.91. The van der Waals surface area contributed by atoms with Crippen LogP contribution in [-0.4, -0.2) is 26.3 Å². The van der Waals surface area contributed by atoms with Crippen molar-refractivity contribution in [2.75, 3.05) is 0 Å². The predicted octanol–water partition coefficient (Wildman–Crippen LogP) is 1.92. The standard InChI is InChI=1S/C14H20N4O3/c1-8-6-11-16-10(7-12(19)18(11)17-8)9(2)15-13(20)21-14(3,4)5/h6-7,9,17H,1-5H3,(H,15,20)/t9-/m0/s1. The van der Waals surface area contributed by atoms with Gasteiger partial charge in [0.1, 0.15) is 5.60 Å². The summed E-state index contributed by atoms with van der Waals surface area (Å²) in [5.74, 6) is 0. The molecule has 1 amide bonds. The summed E-state index contributed by atoms with van der Waals surface area (Å²) in [6, 6.07) is 2.74. The Labute approximate surface area is 122 Å². The molecule has 0 unspecified atom stereocenters. The van der Waals surface area contributed by atoms with E-state index >= 15 is 0 Å². The number of hydrogen-bond acceptors (Lipinski definition) is 4. The number of nitrogens with one attached hydrogen (secondary N) is 2. The van der Waals surface area contributed by atoms with Crippen LogP contribution in [0.4, 0.5) is 4.79 Å². The van der Waals surface area contributed by atoms with Gasteiger partial charge in [0.05, 0.1) is 11.7 Å². The van der Waals surface area contributed by atoms with Crippen LogP contribution < -0.4 is 10.9 Å². The predicted molar refractivity (Wildman–Crippen MR) is 78.3 cm³/mol. The topological polar surface area (TPSA) is 88.5 Å². The van der Waals surface area contributed by atoms with E-state index in [0.29, 0.717) is 11.3 Å². The largest absolute Gasteiger partial charge is 0.444 e. The number of ether oxygens (including phenoxy) is 1. The summed E-state index contributed by atoms with van der Waals surface area (Å²) in [6.45, 7) is 8.96. The Morgan fingerprint density at radius 1 is 1.43 bits per heavy atom. The molecule has 0 aromatic carbocycles. The number of hydrogen-bond donors (Lipinski definition) is 2. The molecule has 2 N–H and O–H groups in total. The van der Waals surface area contributed by atoms with Gasteiger partial charge in [-0.25, -0.2) is 14.3 Å². The lowest BCUT2D eigenvalue weighted by Crippen LogP contribution is -2.34. The van der Waals surface area contributed by atoms with Gasteiger partial charge in [-0.3, -0.25) is 9.89 Å². The van der Waals surface area contributed by atoms with Gasteiger partial charge in [-0.05, 0) is 34.6 Å². The third-order valence-corrected chi connectivity index (χ3v) is 2.78. The molecule has 2 aromatic rings. The zero-order chi connectivity index (χ0) is 15.8. The summed E-state index contributed by atoms with van der Waals surface area (Å²) in [4.78, 5) is 28.1. The number of carbonyl (C=O) groups excluding carboxylic acids is 1. The molecule has 1 atom stereocenters. The molecule has 0 aliphatic heterocycles. The number of fused-ring (bicyclic) bond motifs is 1. The Morgan fingerprint density at radius 3 is 2.71 bits per heavy atom. The number of alkyl carbamates (subject to hydrolysis) is 1. The van der Waals surface area contributed by atoms with Gasteiger partial charge in [-0.1, -0.05) is 0 Å². The van der Waals surface area contributed by atoms with Gasteiger partial charge >= 0.3 is 6.09 Å². The summed E-state index contributed by atoms with van der Waals surface area (Å²) in [5.41, 5.74) is 1.06. The molecule has 0 radical (unpaired) electrons. The zero-order valence-electron chi connectivity index (χ0n) is 12.9. The highest BCUT2D eigenvalue weighted by molar-refractivity contribution is 5.68. The van der Waals surface area contributed by atoms with Gasteiger partial charge in [0, 0.05) is 17.8 Å². The number of nitrogens with zero attached hydrogens (tertiary/aromatic N) is 2. The molecule has 0 bridgehead atoms. The van der Waals surface area contributed by atoms with Gasteiger partial charge in [0.2, 0.25) is 0 Å². The molecule has 0 aliphatic rings. The van der Waals surface area contributed by atoms with Crippen molar-refractivity contribution in [3.8, 4) is 0 Å². The normalized spacial score (nSPS) is 13.2. The van der Waals surface area contributed by atoms with Gasteiger partial charge in [0.25, 0.3) is 5.56 Å². The Hall–Kier alpha value is -2.31. The minimum Gasteiger partial charge on any atom is -0.444 e. The molecule has 2 heterocycles. The van der Waals surface area contributed by atoms with Crippen LogP contribution in [0.5, 0.6) is 0 Å². The van der Waals surface area contributed by atoms with E-state index in [1.807, 2.05) is 6.92 Å². The van der Waals surface area contributed by atoms with Crippen molar-refractivity contribution in [3.05, 3.63) is 33.9 Å². The van der Waals surface area contributed by atoms with Crippen LogP contribution in [0.15, 0.2) is 16.9 Å². The van der Waals surface area contributed by atoms with E-state index in [1.54, 1.807) is 33.8 Å². The number of carbonyl (C=O) groups is 1. The molecule has 0 saturated heterocycles. The van der Waals surface area contributed by atoms with Gasteiger partial charge in [-0.15, -0.1) is 0 Å². The molecule has 7 nitrogen and oxygen atoms in total. The van der Waals surface area contributed by atoms with Crippen LogP contribution >= 0.6 is 0 Å². The number of aryl methyl sites for hydroxylation is 1. The maximum absolute atomic E-state index is 12.0. The van der Waals surface area contributed by atoms with E-state index in [4.69, 9.17) is 4.74 Å². The Kier molecular flexibility index (Phi) is 3.76. The lowest BCUT2D eigenvalue weighted by molar-refractivity contribution is 0.0507. The van der Waals surface area contributed by atoms with Crippen molar-refractivity contribution in [2.45, 2.75) is 46.3 Å². The number of rotatable bonds is 2. The van der Waals surface area contributed by atoms with Crippen LogP contribution in [0.1, 0.15) is 45.1 Å². The zero-order valence-corrected chi connectivity index (χ0v) is 12.9. The molecule has 0 fully saturated rings. The van der Waals surface area contributed by atoms with Crippen molar-refractivity contribution < 1.29 is 9.53 Å². The molecular formula is C14H20N4O3. The minimum absolute atomic E-state index is 0.221. The van der Waals surface area contributed by atoms with Crippen molar-refractivity contribution in [3.63, 3.8) is 0 Å². The van der Waals surface area contributed by atoms with E-state index in [1.165, 1.54) is 10.6 Å². The molecule has 7 heteroatoms. The molecule has 2 aromatic heterocycles. The first kappa shape index (κ1) is 15.1. The molecule has 0 aliphatic carbocycles. The minimum atomic E-state index is -0.571. The van der Waals surface area contributed by atoms with Gasteiger partial charge in [0.15, 0.2) is 5.65 Å². The monoisotopic (exact) mass is 292 g/mol. The number of aromatic amines is 1. The third-order valence-electron chi connectivity index (χ3n) is 2.78. The maximum Gasteiger partial charge on any atom is 0.408 e. The number of H-pyrrole nitrogens is 1. The molecule has 2 rings (SSSR count). The molecule has 21 heavy (non-hydrogen) atoms. The van der Waals surface area contributed by atoms with Crippen molar-refractivity contribution >= 4 is 11.7 Å². The number of aromatic nitrogens is 3.